The number of pyridine rings is 2. The van der Waals surface area contributed by atoms with E-state index in [0.29, 0.717) is 5.56 Å². The second-order valence-corrected chi connectivity index (χ2v) is 7.66. The van der Waals surface area contributed by atoms with Gasteiger partial charge in [-0.15, -0.1) is 11.3 Å². The van der Waals surface area contributed by atoms with Gasteiger partial charge in [-0.1, -0.05) is 17.7 Å². The number of nitrogens with one attached hydrogen (secondary N) is 2. The Balaban J connectivity index is 1.56. The van der Waals surface area contributed by atoms with Gasteiger partial charge in [0.15, 0.2) is 0 Å². The minimum absolute atomic E-state index is 0.146. The van der Waals surface area contributed by atoms with Crippen molar-refractivity contribution in [3.63, 3.8) is 0 Å². The van der Waals surface area contributed by atoms with Gasteiger partial charge in [0.2, 0.25) is 0 Å². The highest BCUT2D eigenvalue weighted by molar-refractivity contribution is 7.16. The molecule has 0 amide bonds. The molecule has 5 nitrogen and oxygen atoms in total. The Morgan fingerprint density at radius 2 is 2.04 bits per heavy atom. The standard InChI is InChI=1S/C19H15ClN4OS/c20-18-6-5-15(26-18)4-3-14-9-17(24-23-14)13-8-16(19(25)22-11-13)12-2-1-7-21-10-12/h1-2,5-11H,3-4H2,(H,22,25)(H,23,24). The van der Waals surface area contributed by atoms with E-state index in [9.17, 15) is 4.79 Å². The molecule has 0 aromatic carbocycles. The molecule has 4 heterocycles. The molecule has 4 aromatic rings. The van der Waals surface area contributed by atoms with Crippen molar-refractivity contribution in [3.8, 4) is 22.4 Å². The molecular formula is C19H15ClN4OS. The highest BCUT2D eigenvalue weighted by Crippen LogP contribution is 2.24. The van der Waals surface area contributed by atoms with Crippen molar-refractivity contribution in [3.05, 3.63) is 80.2 Å². The van der Waals surface area contributed by atoms with Crippen LogP contribution >= 0.6 is 22.9 Å². The van der Waals surface area contributed by atoms with Crippen LogP contribution in [0.2, 0.25) is 4.34 Å². The molecule has 0 aliphatic rings. The lowest BCUT2D eigenvalue weighted by Crippen LogP contribution is -2.08. The van der Waals surface area contributed by atoms with Gasteiger partial charge in [0.25, 0.3) is 5.56 Å². The molecule has 2 N–H and O–H groups in total. The van der Waals surface area contributed by atoms with Crippen LogP contribution in [0.3, 0.4) is 0 Å². The van der Waals surface area contributed by atoms with Crippen molar-refractivity contribution < 1.29 is 0 Å². The maximum absolute atomic E-state index is 12.1. The van der Waals surface area contributed by atoms with E-state index >= 15 is 0 Å². The first kappa shape index (κ1) is 16.8. The summed E-state index contributed by atoms with van der Waals surface area (Å²) in [5.41, 5.74) is 3.90. The SMILES string of the molecule is O=c1[nH]cc(-c2cc(CCc3ccc(Cl)s3)[nH]n2)cc1-c1cccnc1. The summed E-state index contributed by atoms with van der Waals surface area (Å²) in [6.07, 6.45) is 6.80. The van der Waals surface area contributed by atoms with Crippen LogP contribution in [-0.4, -0.2) is 20.2 Å². The number of aromatic nitrogens is 4. The molecule has 0 fully saturated rings. The lowest BCUT2D eigenvalue weighted by Gasteiger charge is -2.02. The van der Waals surface area contributed by atoms with Crippen LogP contribution < -0.4 is 5.56 Å². The molecule has 26 heavy (non-hydrogen) atoms. The maximum atomic E-state index is 12.1. The third kappa shape index (κ3) is 3.61. The summed E-state index contributed by atoms with van der Waals surface area (Å²) in [5, 5.41) is 7.46. The molecule has 130 valence electrons. The number of rotatable bonds is 5. The predicted molar refractivity (Wildman–Crippen MR) is 105 cm³/mol. The zero-order valence-electron chi connectivity index (χ0n) is 13.7. The molecule has 0 bridgehead atoms. The zero-order chi connectivity index (χ0) is 17.9. The number of hydrogen-bond donors (Lipinski definition) is 2. The molecule has 0 saturated heterocycles. The molecule has 7 heteroatoms. The lowest BCUT2D eigenvalue weighted by atomic mass is 10.1. The molecule has 4 rings (SSSR count). The van der Waals surface area contributed by atoms with E-state index in [1.165, 1.54) is 4.88 Å². The molecule has 0 atom stereocenters. The average molecular weight is 383 g/mol. The Hall–Kier alpha value is -2.70. The molecule has 0 saturated carbocycles. The van der Waals surface area contributed by atoms with E-state index in [2.05, 4.69) is 20.2 Å². The van der Waals surface area contributed by atoms with Gasteiger partial charge in [-0.2, -0.15) is 5.10 Å². The van der Waals surface area contributed by atoms with Crippen LogP contribution in [0.4, 0.5) is 0 Å². The second kappa shape index (κ2) is 7.27. The van der Waals surface area contributed by atoms with E-state index in [1.54, 1.807) is 29.9 Å². The molecule has 4 aromatic heterocycles. The van der Waals surface area contributed by atoms with Crippen molar-refractivity contribution in [1.29, 1.82) is 0 Å². The first-order chi connectivity index (χ1) is 12.7. The van der Waals surface area contributed by atoms with E-state index in [0.717, 1.165) is 39.7 Å². The fourth-order valence-corrected chi connectivity index (χ4v) is 3.84. The van der Waals surface area contributed by atoms with Crippen molar-refractivity contribution >= 4 is 22.9 Å². The predicted octanol–water partition coefficient (Wildman–Crippen LogP) is 4.33. The first-order valence-corrected chi connectivity index (χ1v) is 9.30. The monoisotopic (exact) mass is 382 g/mol. The first-order valence-electron chi connectivity index (χ1n) is 8.11. The summed E-state index contributed by atoms with van der Waals surface area (Å²) in [6.45, 7) is 0. The number of nitrogens with zero attached hydrogens (tertiary/aromatic N) is 2. The molecule has 0 radical (unpaired) electrons. The fraction of sp³-hybridized carbons (Fsp3) is 0.105. The van der Waals surface area contributed by atoms with Gasteiger partial charge in [0.1, 0.15) is 0 Å². The Bertz CT molecular complexity index is 1080. The van der Waals surface area contributed by atoms with Crippen molar-refractivity contribution in [1.82, 2.24) is 20.2 Å². The van der Waals surface area contributed by atoms with Gasteiger partial charge in [0, 0.05) is 45.9 Å². The summed E-state index contributed by atoms with van der Waals surface area (Å²) in [7, 11) is 0. The van der Waals surface area contributed by atoms with Crippen LogP contribution in [0.25, 0.3) is 22.4 Å². The van der Waals surface area contributed by atoms with Gasteiger partial charge >= 0.3 is 0 Å². The third-order valence-corrected chi connectivity index (χ3v) is 5.36. The molecule has 0 unspecified atom stereocenters. The number of thiophene rings is 1. The summed E-state index contributed by atoms with van der Waals surface area (Å²) in [5.74, 6) is 0. The summed E-state index contributed by atoms with van der Waals surface area (Å²) >= 11 is 7.57. The quantitative estimate of drug-likeness (QED) is 0.539. The molecule has 0 aliphatic carbocycles. The topological polar surface area (TPSA) is 74.4 Å². The second-order valence-electron chi connectivity index (χ2n) is 5.86. The van der Waals surface area contributed by atoms with Crippen LogP contribution in [-0.2, 0) is 12.8 Å². The van der Waals surface area contributed by atoms with Crippen LogP contribution in [0, 0.1) is 0 Å². The Morgan fingerprint density at radius 3 is 2.81 bits per heavy atom. The van der Waals surface area contributed by atoms with Crippen molar-refractivity contribution in [2.24, 2.45) is 0 Å². The zero-order valence-corrected chi connectivity index (χ0v) is 15.3. The molecule has 0 aliphatic heterocycles. The number of halogens is 1. The molecule has 0 spiro atoms. The molecular weight excluding hydrogens is 368 g/mol. The lowest BCUT2D eigenvalue weighted by molar-refractivity contribution is 0.905. The normalized spacial score (nSPS) is 11.0. The van der Waals surface area contributed by atoms with Gasteiger partial charge < -0.3 is 4.98 Å². The summed E-state index contributed by atoms with van der Waals surface area (Å²) in [6, 6.07) is 11.5. The fourth-order valence-electron chi connectivity index (χ4n) is 2.75. The van der Waals surface area contributed by atoms with E-state index in [1.807, 2.05) is 36.4 Å². The van der Waals surface area contributed by atoms with Crippen LogP contribution in [0.1, 0.15) is 10.6 Å². The average Bonchev–Trinajstić information content (AvgIpc) is 3.30. The van der Waals surface area contributed by atoms with Crippen molar-refractivity contribution in [2.75, 3.05) is 0 Å². The third-order valence-electron chi connectivity index (χ3n) is 4.07. The van der Waals surface area contributed by atoms with Gasteiger partial charge in [-0.3, -0.25) is 14.9 Å². The number of H-pyrrole nitrogens is 2. The van der Waals surface area contributed by atoms with Crippen molar-refractivity contribution in [2.45, 2.75) is 12.8 Å². The number of aromatic amines is 2. The van der Waals surface area contributed by atoms with E-state index in [-0.39, 0.29) is 5.56 Å². The highest BCUT2D eigenvalue weighted by Gasteiger charge is 2.10. The summed E-state index contributed by atoms with van der Waals surface area (Å²) in [4.78, 5) is 20.3. The van der Waals surface area contributed by atoms with Gasteiger partial charge in [-0.05, 0) is 43.2 Å². The minimum atomic E-state index is -0.146. The smallest absolute Gasteiger partial charge is 0.255 e. The van der Waals surface area contributed by atoms with Gasteiger partial charge in [-0.25, -0.2) is 0 Å². The van der Waals surface area contributed by atoms with E-state index in [4.69, 9.17) is 11.6 Å². The largest absolute Gasteiger partial charge is 0.328 e. The van der Waals surface area contributed by atoms with Crippen LogP contribution in [0.5, 0.6) is 0 Å². The van der Waals surface area contributed by atoms with Crippen LogP contribution in [0.15, 0.2) is 59.8 Å². The minimum Gasteiger partial charge on any atom is -0.328 e. The number of aryl methyl sites for hydroxylation is 2. The summed E-state index contributed by atoms with van der Waals surface area (Å²) < 4.78 is 0.807. The Morgan fingerprint density at radius 1 is 1.12 bits per heavy atom. The Kier molecular flexibility index (Phi) is 4.69. The van der Waals surface area contributed by atoms with E-state index < -0.39 is 0 Å². The number of hydrogen-bond acceptors (Lipinski definition) is 4. The van der Waals surface area contributed by atoms with Gasteiger partial charge in [0.05, 0.1) is 10.0 Å². The highest BCUT2D eigenvalue weighted by atomic mass is 35.5. The Labute approximate surface area is 158 Å². The maximum Gasteiger partial charge on any atom is 0.255 e.